The average molecular weight is 257 g/mol. The van der Waals surface area contributed by atoms with Crippen molar-refractivity contribution in [3.8, 4) is 0 Å². The third-order valence-electron chi connectivity index (χ3n) is 1.89. The molecule has 0 heterocycles. The molecule has 1 N–H and O–H groups in total. The number of nitrogens with zero attached hydrogens (tertiary/aromatic N) is 1. The van der Waals surface area contributed by atoms with Gasteiger partial charge in [-0.15, -0.1) is 0 Å². The van der Waals surface area contributed by atoms with Gasteiger partial charge in [0.25, 0.3) is 0 Å². The topological polar surface area (TPSA) is 23.5 Å². The van der Waals surface area contributed by atoms with Crippen LogP contribution in [-0.2, 0) is 0 Å². The molecule has 1 fully saturated rings. The molecule has 0 spiro atoms. The molecule has 0 amide bonds. The molecule has 0 radical (unpaired) electrons. The van der Waals surface area contributed by atoms with Gasteiger partial charge in [0.05, 0.1) is 4.55 Å². The molecule has 0 atom stereocenters. The van der Waals surface area contributed by atoms with Crippen molar-refractivity contribution in [3.05, 3.63) is 0 Å². The molecule has 0 aromatic heterocycles. The summed E-state index contributed by atoms with van der Waals surface area (Å²) >= 11 is 2.41. The first-order valence-electron chi connectivity index (χ1n) is 3.55. The number of rotatable bonds is 2. The van der Waals surface area contributed by atoms with Crippen LogP contribution in [0.15, 0.2) is 0 Å². The molecule has 10 heavy (non-hydrogen) atoms. The van der Waals surface area contributed by atoms with E-state index in [4.69, 9.17) is 5.11 Å². The van der Waals surface area contributed by atoms with Crippen LogP contribution in [0.5, 0.6) is 0 Å². The first-order chi connectivity index (χ1) is 4.84. The van der Waals surface area contributed by atoms with Crippen molar-refractivity contribution < 1.29 is 5.11 Å². The van der Waals surface area contributed by atoms with Gasteiger partial charge >= 0.3 is 0 Å². The van der Waals surface area contributed by atoms with Crippen molar-refractivity contribution in [1.82, 2.24) is 4.90 Å². The Morgan fingerprint density at radius 1 is 1.50 bits per heavy atom. The number of aliphatic hydroxyl groups is 1. The number of aliphatic hydroxyl groups excluding tert-OH is 1. The van der Waals surface area contributed by atoms with E-state index in [0.29, 0.717) is 0 Å². The molecule has 0 saturated heterocycles. The fourth-order valence-corrected chi connectivity index (χ4v) is 1.48. The highest BCUT2D eigenvalue weighted by Crippen LogP contribution is 2.23. The molecular weight excluding hydrogens is 241 g/mol. The molecular formula is C7H16INO. The SMILES string of the molecule is CN(CI)C1CCC1.CO. The second kappa shape index (κ2) is 6.37. The normalized spacial score (nSPS) is 17.7. The molecule has 1 aliphatic rings. The van der Waals surface area contributed by atoms with Crippen LogP contribution < -0.4 is 0 Å². The van der Waals surface area contributed by atoms with Gasteiger partial charge in [0.15, 0.2) is 0 Å². The van der Waals surface area contributed by atoms with E-state index in [2.05, 4.69) is 34.5 Å². The Hall–Kier alpha value is 0.650. The third kappa shape index (κ3) is 3.16. The van der Waals surface area contributed by atoms with Gasteiger partial charge in [0, 0.05) is 13.2 Å². The van der Waals surface area contributed by atoms with E-state index in [1.54, 1.807) is 0 Å². The van der Waals surface area contributed by atoms with Crippen molar-refractivity contribution in [2.24, 2.45) is 0 Å². The minimum Gasteiger partial charge on any atom is -0.400 e. The summed E-state index contributed by atoms with van der Waals surface area (Å²) < 4.78 is 1.18. The van der Waals surface area contributed by atoms with Crippen LogP contribution in [0.4, 0.5) is 0 Å². The van der Waals surface area contributed by atoms with Crippen LogP contribution in [0, 0.1) is 0 Å². The highest BCUT2D eigenvalue weighted by molar-refractivity contribution is 14.1. The summed E-state index contributed by atoms with van der Waals surface area (Å²) in [5.41, 5.74) is 0. The summed E-state index contributed by atoms with van der Waals surface area (Å²) in [6.45, 7) is 0. The predicted molar refractivity (Wildman–Crippen MR) is 52.4 cm³/mol. The van der Waals surface area contributed by atoms with E-state index in [0.717, 1.165) is 13.2 Å². The summed E-state index contributed by atoms with van der Waals surface area (Å²) in [5, 5.41) is 7.00. The summed E-state index contributed by atoms with van der Waals surface area (Å²) in [6, 6.07) is 0.923. The van der Waals surface area contributed by atoms with Crippen molar-refractivity contribution in [3.63, 3.8) is 0 Å². The Morgan fingerprint density at radius 2 is 2.00 bits per heavy atom. The minimum absolute atomic E-state index is 0.923. The van der Waals surface area contributed by atoms with Crippen molar-refractivity contribution in [1.29, 1.82) is 0 Å². The van der Waals surface area contributed by atoms with Crippen molar-refractivity contribution >= 4 is 22.6 Å². The van der Waals surface area contributed by atoms with Crippen LogP contribution in [0.1, 0.15) is 19.3 Å². The number of halogens is 1. The first-order valence-corrected chi connectivity index (χ1v) is 5.08. The minimum atomic E-state index is 0.923. The van der Waals surface area contributed by atoms with Crippen LogP contribution in [-0.4, -0.2) is 34.8 Å². The van der Waals surface area contributed by atoms with Crippen LogP contribution in [0.2, 0.25) is 0 Å². The predicted octanol–water partition coefficient (Wildman–Crippen LogP) is 1.47. The van der Waals surface area contributed by atoms with E-state index in [9.17, 15) is 0 Å². The maximum atomic E-state index is 7.00. The third-order valence-corrected chi connectivity index (χ3v) is 2.96. The highest BCUT2D eigenvalue weighted by atomic mass is 127. The lowest BCUT2D eigenvalue weighted by Crippen LogP contribution is -2.35. The molecule has 0 bridgehead atoms. The summed E-state index contributed by atoms with van der Waals surface area (Å²) in [4.78, 5) is 2.42. The average Bonchev–Trinajstić information content (AvgIpc) is 1.89. The monoisotopic (exact) mass is 257 g/mol. The van der Waals surface area contributed by atoms with Gasteiger partial charge in [-0.1, -0.05) is 29.0 Å². The van der Waals surface area contributed by atoms with E-state index in [1.165, 1.54) is 23.8 Å². The Balaban J connectivity index is 0.000000371. The van der Waals surface area contributed by atoms with Crippen molar-refractivity contribution in [2.75, 3.05) is 18.7 Å². The standard InChI is InChI=1S/C6H12IN.CH4O/c1-8(5-7)6-3-2-4-6;1-2/h6H,2-5H2,1H3;2H,1H3. The fourth-order valence-electron chi connectivity index (χ4n) is 0.925. The molecule has 1 saturated carbocycles. The molecule has 1 aliphatic carbocycles. The van der Waals surface area contributed by atoms with E-state index >= 15 is 0 Å². The second-order valence-corrected chi connectivity index (χ2v) is 3.14. The molecule has 3 heteroatoms. The van der Waals surface area contributed by atoms with Gasteiger partial charge in [0.2, 0.25) is 0 Å². The Bertz CT molecular complexity index is 73.3. The molecule has 0 unspecified atom stereocenters. The molecule has 0 aromatic rings. The number of hydrogen-bond donors (Lipinski definition) is 1. The van der Waals surface area contributed by atoms with Crippen LogP contribution in [0.3, 0.4) is 0 Å². The molecule has 62 valence electrons. The van der Waals surface area contributed by atoms with Gasteiger partial charge < -0.3 is 5.11 Å². The van der Waals surface area contributed by atoms with Gasteiger partial charge in [-0.3, -0.25) is 4.90 Å². The molecule has 2 nitrogen and oxygen atoms in total. The van der Waals surface area contributed by atoms with Crippen molar-refractivity contribution in [2.45, 2.75) is 25.3 Å². The summed E-state index contributed by atoms with van der Waals surface area (Å²) in [6.07, 6.45) is 4.31. The van der Waals surface area contributed by atoms with E-state index < -0.39 is 0 Å². The van der Waals surface area contributed by atoms with Crippen LogP contribution in [0.25, 0.3) is 0 Å². The first kappa shape index (κ1) is 10.7. The largest absolute Gasteiger partial charge is 0.400 e. The number of alkyl halides is 1. The van der Waals surface area contributed by atoms with Gasteiger partial charge in [-0.25, -0.2) is 0 Å². The Labute approximate surface area is 76.7 Å². The quantitative estimate of drug-likeness (QED) is 0.460. The fraction of sp³-hybridized carbons (Fsp3) is 1.00. The zero-order valence-corrected chi connectivity index (χ0v) is 8.84. The van der Waals surface area contributed by atoms with Gasteiger partial charge in [0.1, 0.15) is 0 Å². The summed E-state index contributed by atoms with van der Waals surface area (Å²) in [7, 11) is 3.20. The molecule has 0 aromatic carbocycles. The second-order valence-electron chi connectivity index (χ2n) is 2.46. The maximum absolute atomic E-state index is 7.00. The van der Waals surface area contributed by atoms with Gasteiger partial charge in [-0.05, 0) is 19.9 Å². The van der Waals surface area contributed by atoms with E-state index in [-0.39, 0.29) is 0 Å². The zero-order valence-electron chi connectivity index (χ0n) is 6.68. The lowest BCUT2D eigenvalue weighted by Gasteiger charge is -2.33. The maximum Gasteiger partial charge on any atom is 0.0505 e. The Kier molecular flexibility index (Phi) is 6.78. The lowest BCUT2D eigenvalue weighted by atomic mass is 9.92. The molecule has 0 aliphatic heterocycles. The molecule has 1 rings (SSSR count). The van der Waals surface area contributed by atoms with Crippen LogP contribution >= 0.6 is 22.6 Å². The highest BCUT2D eigenvalue weighted by Gasteiger charge is 2.20. The van der Waals surface area contributed by atoms with E-state index in [1.807, 2.05) is 0 Å². The summed E-state index contributed by atoms with van der Waals surface area (Å²) in [5.74, 6) is 0. The smallest absolute Gasteiger partial charge is 0.0505 e. The lowest BCUT2D eigenvalue weighted by molar-refractivity contribution is 0.190. The van der Waals surface area contributed by atoms with Gasteiger partial charge in [-0.2, -0.15) is 0 Å². The number of hydrogen-bond acceptors (Lipinski definition) is 2. The zero-order chi connectivity index (χ0) is 7.98. The Morgan fingerprint density at radius 3 is 2.10 bits per heavy atom.